The van der Waals surface area contributed by atoms with Gasteiger partial charge in [-0.05, 0) is 37.3 Å². The van der Waals surface area contributed by atoms with Gasteiger partial charge in [-0.1, -0.05) is 51.5 Å². The van der Waals surface area contributed by atoms with Crippen LogP contribution in [-0.2, 0) is 9.53 Å². The summed E-state index contributed by atoms with van der Waals surface area (Å²) in [6.45, 7) is 12.1. The number of allylic oxidation sites excluding steroid dienone is 1. The first-order valence-corrected chi connectivity index (χ1v) is 10.8. The number of rotatable bonds is 9. The molecule has 1 saturated heterocycles. The third-order valence-electron chi connectivity index (χ3n) is 5.83. The Morgan fingerprint density at radius 2 is 1.97 bits per heavy atom. The number of aryl methyl sites for hydroxylation is 1. The zero-order valence-electron chi connectivity index (χ0n) is 18.4. The van der Waals surface area contributed by atoms with Crippen molar-refractivity contribution in [3.8, 4) is 6.07 Å². The molecule has 0 spiro atoms. The maximum atomic E-state index is 12.9. The minimum Gasteiger partial charge on any atom is -0.464 e. The Balaban J connectivity index is 2.33. The highest BCUT2D eigenvalue weighted by molar-refractivity contribution is 6.14. The molecule has 1 aliphatic rings. The van der Waals surface area contributed by atoms with Gasteiger partial charge in [-0.15, -0.1) is 0 Å². The van der Waals surface area contributed by atoms with E-state index in [4.69, 9.17) is 15.5 Å². The number of carbonyl (C=O) groups excluding carboxylic acids is 1. The summed E-state index contributed by atoms with van der Waals surface area (Å²) in [5.74, 6) is -1.40. The molecule has 1 aliphatic heterocycles. The number of carbonyl (C=O) groups is 1. The molecule has 1 aromatic rings. The van der Waals surface area contributed by atoms with Crippen LogP contribution >= 0.6 is 0 Å². The van der Waals surface area contributed by atoms with E-state index in [1.807, 2.05) is 31.2 Å². The van der Waals surface area contributed by atoms with Gasteiger partial charge < -0.3 is 15.4 Å². The lowest BCUT2D eigenvalue weighted by Crippen LogP contribution is -2.42. The van der Waals surface area contributed by atoms with Crippen molar-refractivity contribution >= 4 is 17.4 Å². The number of likely N-dealkylation sites (tertiary alicyclic amines) is 1. The monoisotopic (exact) mass is 410 g/mol. The topological polar surface area (TPSA) is 91.7 Å². The van der Waals surface area contributed by atoms with Crippen molar-refractivity contribution in [2.24, 2.45) is 22.6 Å². The van der Waals surface area contributed by atoms with E-state index < -0.39 is 11.9 Å². The smallest absolute Gasteiger partial charge is 0.329 e. The van der Waals surface area contributed by atoms with E-state index in [-0.39, 0.29) is 12.0 Å². The number of nitrogens with two attached hydrogens (primary N) is 1. The second-order valence-corrected chi connectivity index (χ2v) is 7.93. The summed E-state index contributed by atoms with van der Waals surface area (Å²) in [5.41, 5.74) is 8.67. The van der Waals surface area contributed by atoms with E-state index >= 15 is 0 Å². The third kappa shape index (κ3) is 6.17. The van der Waals surface area contributed by atoms with E-state index in [2.05, 4.69) is 31.4 Å². The largest absolute Gasteiger partial charge is 0.464 e. The van der Waals surface area contributed by atoms with E-state index in [9.17, 15) is 10.1 Å². The van der Waals surface area contributed by atoms with Gasteiger partial charge in [0.2, 0.25) is 0 Å². The van der Waals surface area contributed by atoms with Gasteiger partial charge in [-0.25, -0.2) is 4.99 Å². The van der Waals surface area contributed by atoms with Crippen LogP contribution in [0.2, 0.25) is 0 Å². The first-order chi connectivity index (χ1) is 14.4. The maximum absolute atomic E-state index is 12.9. The van der Waals surface area contributed by atoms with E-state index in [0.717, 1.165) is 50.0 Å². The van der Waals surface area contributed by atoms with Crippen LogP contribution in [-0.4, -0.2) is 42.3 Å². The van der Waals surface area contributed by atoms with Crippen LogP contribution in [0, 0.1) is 30.1 Å². The first kappa shape index (κ1) is 23.6. The van der Waals surface area contributed by atoms with Gasteiger partial charge in [0, 0.05) is 19.1 Å². The van der Waals surface area contributed by atoms with E-state index in [0.29, 0.717) is 18.0 Å². The number of para-hydroxylation sites is 1. The molecule has 0 amide bonds. The Morgan fingerprint density at radius 3 is 2.53 bits per heavy atom. The zero-order chi connectivity index (χ0) is 22.1. The van der Waals surface area contributed by atoms with Gasteiger partial charge in [0.25, 0.3) is 0 Å². The minimum atomic E-state index is -1.12. The molecule has 6 nitrogen and oxygen atoms in total. The number of nitriles is 1. The van der Waals surface area contributed by atoms with Crippen molar-refractivity contribution < 1.29 is 9.53 Å². The molecule has 6 heteroatoms. The lowest BCUT2D eigenvalue weighted by molar-refractivity contribution is -0.146. The number of ether oxygens (including phenoxy) is 1. The fraction of sp³-hybridized carbons (Fsp3) is 0.542. The number of aliphatic imine (C=N–C) groups is 1. The highest BCUT2D eigenvalue weighted by atomic mass is 16.5. The first-order valence-electron chi connectivity index (χ1n) is 10.8. The number of piperidine rings is 1. The molecule has 1 heterocycles. The molecule has 1 aromatic carbocycles. The van der Waals surface area contributed by atoms with Crippen LogP contribution in [0.15, 0.2) is 41.5 Å². The normalized spacial score (nSPS) is 16.3. The van der Waals surface area contributed by atoms with Crippen molar-refractivity contribution in [3.05, 3.63) is 42.1 Å². The Labute approximate surface area is 180 Å². The average Bonchev–Trinajstić information content (AvgIpc) is 2.75. The number of hydrogen-bond acceptors (Lipinski definition) is 6. The number of nitrogens with zero attached hydrogens (tertiary/aromatic N) is 3. The van der Waals surface area contributed by atoms with Gasteiger partial charge in [0.1, 0.15) is 0 Å². The Bertz CT molecular complexity index is 800. The zero-order valence-corrected chi connectivity index (χ0v) is 18.4. The minimum absolute atomic E-state index is 0.169. The number of benzene rings is 1. The van der Waals surface area contributed by atoms with Crippen LogP contribution in [0.4, 0.5) is 5.69 Å². The predicted octanol–water partition coefficient (Wildman–Crippen LogP) is 4.12. The third-order valence-corrected chi connectivity index (χ3v) is 5.83. The number of esters is 1. The quantitative estimate of drug-likeness (QED) is 0.488. The summed E-state index contributed by atoms with van der Waals surface area (Å²) in [5, 5.41) is 9.87. The summed E-state index contributed by atoms with van der Waals surface area (Å²) >= 11 is 0. The molecule has 0 radical (unpaired) electrons. The summed E-state index contributed by atoms with van der Waals surface area (Å²) in [6.07, 6.45) is 3.53. The molecule has 162 valence electrons. The standard InChI is InChI=1S/C24H34N4O2/c1-5-19(6-2)16-30-24(29)21(15-25)23(27-22-10-8-7-9-17(22)3)18(4)28-13-11-20(26)12-14-28/h7-10,19-21H,4-6,11-14,16,26H2,1-3H3. The molecule has 0 bridgehead atoms. The molecular weight excluding hydrogens is 376 g/mol. The summed E-state index contributed by atoms with van der Waals surface area (Å²) in [7, 11) is 0. The van der Waals surface area contributed by atoms with Crippen molar-refractivity contribution in [3.63, 3.8) is 0 Å². The highest BCUT2D eigenvalue weighted by Crippen LogP contribution is 2.24. The van der Waals surface area contributed by atoms with Crippen molar-refractivity contribution in [1.29, 1.82) is 5.26 Å². The van der Waals surface area contributed by atoms with E-state index in [1.165, 1.54) is 0 Å². The van der Waals surface area contributed by atoms with E-state index in [1.54, 1.807) is 0 Å². The van der Waals surface area contributed by atoms with Crippen LogP contribution < -0.4 is 5.73 Å². The molecule has 0 aliphatic carbocycles. The molecular formula is C24H34N4O2. The Morgan fingerprint density at radius 1 is 1.33 bits per heavy atom. The Hall–Kier alpha value is -2.65. The molecule has 2 N–H and O–H groups in total. The Kier molecular flexibility index (Phi) is 9.07. The fourth-order valence-electron chi connectivity index (χ4n) is 3.48. The second-order valence-electron chi connectivity index (χ2n) is 7.93. The second kappa shape index (κ2) is 11.5. The predicted molar refractivity (Wildman–Crippen MR) is 120 cm³/mol. The van der Waals surface area contributed by atoms with Crippen LogP contribution in [0.25, 0.3) is 0 Å². The van der Waals surface area contributed by atoms with Gasteiger partial charge in [-0.3, -0.25) is 4.79 Å². The lowest BCUT2D eigenvalue weighted by atomic mass is 9.98. The summed E-state index contributed by atoms with van der Waals surface area (Å²) < 4.78 is 5.52. The maximum Gasteiger partial charge on any atom is 0.329 e. The summed E-state index contributed by atoms with van der Waals surface area (Å²) in [6, 6.07) is 9.92. The highest BCUT2D eigenvalue weighted by Gasteiger charge is 2.31. The average molecular weight is 411 g/mol. The van der Waals surface area contributed by atoms with Crippen molar-refractivity contribution in [2.45, 2.75) is 52.5 Å². The van der Waals surface area contributed by atoms with Gasteiger partial charge >= 0.3 is 5.97 Å². The van der Waals surface area contributed by atoms with Crippen molar-refractivity contribution in [1.82, 2.24) is 4.90 Å². The molecule has 2 rings (SSSR count). The molecule has 1 unspecified atom stereocenters. The molecule has 30 heavy (non-hydrogen) atoms. The molecule has 0 saturated carbocycles. The molecule has 1 fully saturated rings. The fourth-order valence-corrected chi connectivity index (χ4v) is 3.48. The van der Waals surface area contributed by atoms with Crippen LogP contribution in [0.1, 0.15) is 45.1 Å². The molecule has 0 aromatic heterocycles. The van der Waals surface area contributed by atoms with Gasteiger partial charge in [-0.2, -0.15) is 5.26 Å². The number of hydrogen-bond donors (Lipinski definition) is 1. The molecule has 1 atom stereocenters. The lowest BCUT2D eigenvalue weighted by Gasteiger charge is -2.34. The SMILES string of the molecule is C=C(C(=Nc1ccccc1C)C(C#N)C(=O)OCC(CC)CC)N1CCC(N)CC1. The van der Waals surface area contributed by atoms with Gasteiger partial charge in [0.15, 0.2) is 5.92 Å². The summed E-state index contributed by atoms with van der Waals surface area (Å²) in [4.78, 5) is 19.7. The van der Waals surface area contributed by atoms with Crippen LogP contribution in [0.3, 0.4) is 0 Å². The van der Waals surface area contributed by atoms with Crippen LogP contribution in [0.5, 0.6) is 0 Å². The van der Waals surface area contributed by atoms with Crippen molar-refractivity contribution in [2.75, 3.05) is 19.7 Å². The van der Waals surface area contributed by atoms with Gasteiger partial charge in [0.05, 0.1) is 29.8 Å².